The minimum atomic E-state index is 0.622. The SMILES string of the molecule is c1cc(C2CCCN2CC2CCCCN2)ccn1. The molecule has 0 bridgehead atoms. The molecular formula is C15H23N3. The first-order valence-corrected chi connectivity index (χ1v) is 7.31. The second kappa shape index (κ2) is 5.81. The maximum atomic E-state index is 4.13. The molecule has 3 heteroatoms. The number of pyridine rings is 1. The normalized spacial score (nSPS) is 29.6. The van der Waals surface area contributed by atoms with E-state index in [2.05, 4.69) is 27.3 Å². The molecule has 3 nitrogen and oxygen atoms in total. The van der Waals surface area contributed by atoms with Crippen molar-refractivity contribution in [3.05, 3.63) is 30.1 Å². The van der Waals surface area contributed by atoms with Crippen LogP contribution in [0, 0.1) is 0 Å². The van der Waals surface area contributed by atoms with Crippen LogP contribution in [-0.2, 0) is 0 Å². The first kappa shape index (κ1) is 12.1. The van der Waals surface area contributed by atoms with Crippen LogP contribution in [0.4, 0.5) is 0 Å². The van der Waals surface area contributed by atoms with Gasteiger partial charge >= 0.3 is 0 Å². The van der Waals surface area contributed by atoms with Gasteiger partial charge in [0.05, 0.1) is 0 Å². The highest BCUT2D eigenvalue weighted by atomic mass is 15.2. The van der Waals surface area contributed by atoms with Gasteiger partial charge in [-0.05, 0) is 56.5 Å². The number of hydrogen-bond donors (Lipinski definition) is 1. The van der Waals surface area contributed by atoms with Crippen molar-refractivity contribution >= 4 is 0 Å². The van der Waals surface area contributed by atoms with Crippen LogP contribution in [0.1, 0.15) is 43.7 Å². The predicted octanol–water partition coefficient (Wildman–Crippen LogP) is 2.36. The lowest BCUT2D eigenvalue weighted by Gasteiger charge is -2.31. The lowest BCUT2D eigenvalue weighted by molar-refractivity contribution is 0.211. The van der Waals surface area contributed by atoms with E-state index in [1.165, 1.54) is 57.3 Å². The van der Waals surface area contributed by atoms with Crippen molar-refractivity contribution in [2.75, 3.05) is 19.6 Å². The molecule has 98 valence electrons. The van der Waals surface area contributed by atoms with E-state index < -0.39 is 0 Å². The molecule has 1 N–H and O–H groups in total. The summed E-state index contributed by atoms with van der Waals surface area (Å²) in [4.78, 5) is 6.79. The largest absolute Gasteiger partial charge is 0.313 e. The van der Waals surface area contributed by atoms with E-state index in [4.69, 9.17) is 0 Å². The fourth-order valence-corrected chi connectivity index (χ4v) is 3.37. The summed E-state index contributed by atoms with van der Waals surface area (Å²) < 4.78 is 0. The summed E-state index contributed by atoms with van der Waals surface area (Å²) in [6.45, 7) is 3.68. The molecule has 18 heavy (non-hydrogen) atoms. The van der Waals surface area contributed by atoms with Crippen LogP contribution >= 0.6 is 0 Å². The Morgan fingerprint density at radius 3 is 2.83 bits per heavy atom. The molecule has 0 aromatic carbocycles. The molecule has 0 spiro atoms. The Kier molecular flexibility index (Phi) is 3.91. The molecule has 0 radical (unpaired) electrons. The third-order valence-corrected chi connectivity index (χ3v) is 4.32. The molecule has 1 aromatic rings. The summed E-state index contributed by atoms with van der Waals surface area (Å²) in [6, 6.07) is 5.69. The number of piperidine rings is 1. The number of aromatic nitrogens is 1. The molecule has 0 saturated carbocycles. The Balaban J connectivity index is 1.64. The van der Waals surface area contributed by atoms with Crippen molar-refractivity contribution in [2.45, 2.75) is 44.2 Å². The number of rotatable bonds is 3. The van der Waals surface area contributed by atoms with Crippen LogP contribution in [-0.4, -0.2) is 35.6 Å². The Morgan fingerprint density at radius 2 is 2.06 bits per heavy atom. The van der Waals surface area contributed by atoms with Gasteiger partial charge in [0, 0.05) is 31.0 Å². The van der Waals surface area contributed by atoms with Gasteiger partial charge in [0.1, 0.15) is 0 Å². The van der Waals surface area contributed by atoms with Crippen LogP contribution in [0.3, 0.4) is 0 Å². The fraction of sp³-hybridized carbons (Fsp3) is 0.667. The van der Waals surface area contributed by atoms with Gasteiger partial charge in [-0.1, -0.05) is 6.42 Å². The topological polar surface area (TPSA) is 28.2 Å². The van der Waals surface area contributed by atoms with Crippen molar-refractivity contribution in [3.8, 4) is 0 Å². The van der Waals surface area contributed by atoms with E-state index in [0.29, 0.717) is 12.1 Å². The standard InChI is InChI=1S/C15H23N3/c1-2-8-17-14(4-1)12-18-11-3-5-15(18)13-6-9-16-10-7-13/h6-7,9-10,14-15,17H,1-5,8,11-12H2. The summed E-state index contributed by atoms with van der Waals surface area (Å²) in [6.07, 6.45) is 10.6. The van der Waals surface area contributed by atoms with Crippen molar-refractivity contribution < 1.29 is 0 Å². The zero-order valence-corrected chi connectivity index (χ0v) is 11.0. The highest BCUT2D eigenvalue weighted by Crippen LogP contribution is 2.31. The predicted molar refractivity (Wildman–Crippen MR) is 73.4 cm³/mol. The van der Waals surface area contributed by atoms with Crippen LogP contribution < -0.4 is 5.32 Å². The maximum absolute atomic E-state index is 4.13. The van der Waals surface area contributed by atoms with Crippen LogP contribution in [0.2, 0.25) is 0 Å². The summed E-state index contributed by atoms with van der Waals surface area (Å²) in [5, 5.41) is 3.66. The maximum Gasteiger partial charge on any atom is 0.0350 e. The lowest BCUT2D eigenvalue weighted by atomic mass is 10.0. The quantitative estimate of drug-likeness (QED) is 0.886. The number of hydrogen-bond acceptors (Lipinski definition) is 3. The average Bonchev–Trinajstić information content (AvgIpc) is 2.89. The molecule has 1 aromatic heterocycles. The summed E-state index contributed by atoms with van der Waals surface area (Å²) in [5.41, 5.74) is 1.44. The van der Waals surface area contributed by atoms with Gasteiger partial charge in [-0.3, -0.25) is 9.88 Å². The molecule has 3 rings (SSSR count). The lowest BCUT2D eigenvalue weighted by Crippen LogP contribution is -2.43. The molecular weight excluding hydrogens is 222 g/mol. The van der Waals surface area contributed by atoms with Crippen molar-refractivity contribution in [1.82, 2.24) is 15.2 Å². The summed E-state index contributed by atoms with van der Waals surface area (Å²) in [7, 11) is 0. The highest BCUT2D eigenvalue weighted by Gasteiger charge is 2.28. The van der Waals surface area contributed by atoms with Gasteiger partial charge in [-0.2, -0.15) is 0 Å². The van der Waals surface area contributed by atoms with E-state index in [9.17, 15) is 0 Å². The minimum absolute atomic E-state index is 0.622. The van der Waals surface area contributed by atoms with Gasteiger partial charge in [0.25, 0.3) is 0 Å². The molecule has 2 unspecified atom stereocenters. The third-order valence-electron chi connectivity index (χ3n) is 4.32. The molecule has 0 amide bonds. The first-order valence-electron chi connectivity index (χ1n) is 7.31. The highest BCUT2D eigenvalue weighted by molar-refractivity contribution is 5.16. The molecule has 2 aliphatic heterocycles. The Morgan fingerprint density at radius 1 is 1.17 bits per heavy atom. The summed E-state index contributed by atoms with van der Waals surface area (Å²) >= 11 is 0. The zero-order valence-electron chi connectivity index (χ0n) is 11.0. The number of likely N-dealkylation sites (tertiary alicyclic amines) is 1. The van der Waals surface area contributed by atoms with Crippen molar-refractivity contribution in [2.24, 2.45) is 0 Å². The zero-order chi connectivity index (χ0) is 12.2. The molecule has 3 heterocycles. The van der Waals surface area contributed by atoms with Crippen LogP contribution in [0.25, 0.3) is 0 Å². The molecule has 0 aliphatic carbocycles. The van der Waals surface area contributed by atoms with E-state index in [-0.39, 0.29) is 0 Å². The van der Waals surface area contributed by atoms with Crippen LogP contribution in [0.15, 0.2) is 24.5 Å². The Labute approximate surface area is 110 Å². The monoisotopic (exact) mass is 245 g/mol. The molecule has 2 atom stereocenters. The third kappa shape index (κ3) is 2.73. The fourth-order valence-electron chi connectivity index (χ4n) is 3.37. The first-order chi connectivity index (χ1) is 8.93. The van der Waals surface area contributed by atoms with E-state index >= 15 is 0 Å². The van der Waals surface area contributed by atoms with Gasteiger partial charge in [0.15, 0.2) is 0 Å². The second-order valence-electron chi connectivity index (χ2n) is 5.58. The number of nitrogens with zero attached hydrogens (tertiary/aromatic N) is 2. The van der Waals surface area contributed by atoms with E-state index in [1.807, 2.05) is 12.4 Å². The van der Waals surface area contributed by atoms with Gasteiger partial charge in [0.2, 0.25) is 0 Å². The molecule has 2 fully saturated rings. The minimum Gasteiger partial charge on any atom is -0.313 e. The average molecular weight is 245 g/mol. The Hall–Kier alpha value is -0.930. The van der Waals surface area contributed by atoms with Crippen LogP contribution in [0.5, 0.6) is 0 Å². The van der Waals surface area contributed by atoms with E-state index in [0.717, 1.165) is 0 Å². The molecule has 2 saturated heterocycles. The van der Waals surface area contributed by atoms with Gasteiger partial charge < -0.3 is 5.32 Å². The number of nitrogens with one attached hydrogen (secondary N) is 1. The van der Waals surface area contributed by atoms with Gasteiger partial charge in [-0.15, -0.1) is 0 Å². The summed E-state index contributed by atoms with van der Waals surface area (Å²) in [5.74, 6) is 0. The van der Waals surface area contributed by atoms with Gasteiger partial charge in [-0.25, -0.2) is 0 Å². The van der Waals surface area contributed by atoms with E-state index in [1.54, 1.807) is 0 Å². The van der Waals surface area contributed by atoms with Crippen molar-refractivity contribution in [3.63, 3.8) is 0 Å². The van der Waals surface area contributed by atoms with Crippen molar-refractivity contribution in [1.29, 1.82) is 0 Å². The smallest absolute Gasteiger partial charge is 0.0350 e. The second-order valence-corrected chi connectivity index (χ2v) is 5.58. The molecule has 2 aliphatic rings. The Bertz CT molecular complexity index is 359.